The highest BCUT2D eigenvalue weighted by molar-refractivity contribution is 5.81. The molecule has 1 aliphatic heterocycles. The number of ether oxygens (including phenoxy) is 1. The molecule has 1 saturated heterocycles. The van der Waals surface area contributed by atoms with Crippen LogP contribution in [0.3, 0.4) is 0 Å². The summed E-state index contributed by atoms with van der Waals surface area (Å²) in [6.45, 7) is 10.2. The second kappa shape index (κ2) is 11.6. The number of rotatable bonds is 9. The molecule has 5 rings (SSSR count). The number of hydrogen-bond donors (Lipinski definition) is 1. The highest BCUT2D eigenvalue weighted by Gasteiger charge is 2.35. The zero-order valence-corrected chi connectivity index (χ0v) is 25.3. The van der Waals surface area contributed by atoms with E-state index in [1.807, 2.05) is 29.3 Å². The van der Waals surface area contributed by atoms with Gasteiger partial charge in [0.25, 0.3) is 0 Å². The summed E-state index contributed by atoms with van der Waals surface area (Å²) in [5, 5.41) is 8.13. The maximum absolute atomic E-state index is 12.9. The van der Waals surface area contributed by atoms with Crippen LogP contribution in [0.2, 0.25) is 0 Å². The van der Waals surface area contributed by atoms with E-state index >= 15 is 0 Å². The first-order valence-electron chi connectivity index (χ1n) is 14.2. The van der Waals surface area contributed by atoms with Crippen molar-refractivity contribution >= 4 is 28.7 Å². The molecule has 10 nitrogen and oxygen atoms in total. The number of nitrogens with zero attached hydrogens (tertiary/aromatic N) is 7. The number of hydrogen-bond acceptors (Lipinski definition) is 8. The minimum atomic E-state index is -4.20. The fourth-order valence-corrected chi connectivity index (χ4v) is 5.58. The number of fused-ring (bicyclic) bond motifs is 1. The van der Waals surface area contributed by atoms with Gasteiger partial charge in [-0.05, 0) is 38.8 Å². The van der Waals surface area contributed by atoms with Crippen LogP contribution in [-0.4, -0.2) is 65.8 Å². The van der Waals surface area contributed by atoms with Crippen LogP contribution in [-0.2, 0) is 30.2 Å². The van der Waals surface area contributed by atoms with Crippen molar-refractivity contribution in [1.29, 1.82) is 0 Å². The minimum absolute atomic E-state index is 0.0180. The van der Waals surface area contributed by atoms with E-state index in [9.17, 15) is 18.0 Å². The number of carbonyl (C=O) groups is 1. The normalized spacial score (nSPS) is 16.3. The Hall–Kier alpha value is -4.00. The number of anilines is 2. The Kier molecular flexibility index (Phi) is 8.21. The third-order valence-corrected chi connectivity index (χ3v) is 7.54. The Bertz CT molecular complexity index is 1640. The number of aromatic nitrogens is 6. The lowest BCUT2D eigenvalue weighted by Gasteiger charge is -2.22. The van der Waals surface area contributed by atoms with Gasteiger partial charge in [-0.2, -0.15) is 23.3 Å². The molecule has 0 bridgehead atoms. The number of likely N-dealkylation sites (tertiary alicyclic amines) is 1. The molecule has 0 aromatic carbocycles. The number of imidazole rings is 1. The number of nitrogens with one attached hydrogen (secondary N) is 1. The Morgan fingerprint density at radius 3 is 2.65 bits per heavy atom. The first-order valence-corrected chi connectivity index (χ1v) is 14.2. The lowest BCUT2D eigenvalue weighted by Crippen LogP contribution is -2.33. The summed E-state index contributed by atoms with van der Waals surface area (Å²) in [7, 11) is 1.88. The van der Waals surface area contributed by atoms with Gasteiger partial charge in [0.15, 0.2) is 17.2 Å². The first-order chi connectivity index (χ1) is 20.2. The number of pyridine rings is 2. The molecule has 0 radical (unpaired) electrons. The third-order valence-electron chi connectivity index (χ3n) is 7.54. The van der Waals surface area contributed by atoms with Gasteiger partial charge in [0.1, 0.15) is 11.5 Å². The van der Waals surface area contributed by atoms with E-state index in [0.29, 0.717) is 60.7 Å². The second-order valence-corrected chi connectivity index (χ2v) is 12.4. The molecule has 4 aromatic rings. The molecule has 0 aliphatic carbocycles. The molecule has 0 spiro atoms. The number of Topliss-reactive ketones (excluding diaryl/α,β-unsaturated/α-hetero) is 1. The van der Waals surface area contributed by atoms with Crippen LogP contribution in [0.15, 0.2) is 30.6 Å². The van der Waals surface area contributed by atoms with Crippen molar-refractivity contribution < 1.29 is 22.7 Å². The molecule has 13 heteroatoms. The lowest BCUT2D eigenvalue weighted by atomic mass is 9.92. The topological polar surface area (TPSA) is 103 Å². The standard InChI is InChI=1S/C30H37F3N8O2/c1-18(42)11-21-12-22(7-9-34-21)43-23-14-35-27-26(19(23)2)39(6)28(37-27)36-25-13-24(29(3,4)5)41(38-25)16-20-8-10-40(15-20)17-30(31,32)33/h7,9,12-14,20H,8,10-11,15-17H2,1-6H3,(H,35,36,37,38). The Morgan fingerprint density at radius 2 is 1.95 bits per heavy atom. The first kappa shape index (κ1) is 30.5. The predicted octanol–water partition coefficient (Wildman–Crippen LogP) is 5.72. The van der Waals surface area contributed by atoms with Crippen LogP contribution in [0, 0.1) is 12.8 Å². The van der Waals surface area contributed by atoms with Crippen LogP contribution < -0.4 is 10.1 Å². The van der Waals surface area contributed by atoms with Crippen molar-refractivity contribution in [2.24, 2.45) is 13.0 Å². The number of halogens is 3. The SMILES string of the molecule is CC(=O)Cc1cc(Oc2cnc3nc(Nc4cc(C(C)(C)C)n(CC5CCN(CC(F)(F)F)C5)n4)n(C)c3c2C)ccn1. The summed E-state index contributed by atoms with van der Waals surface area (Å²) >= 11 is 0. The van der Waals surface area contributed by atoms with Gasteiger partial charge in [0.05, 0.1) is 24.0 Å². The van der Waals surface area contributed by atoms with E-state index in [4.69, 9.17) is 9.84 Å². The molecule has 0 amide bonds. The van der Waals surface area contributed by atoms with Gasteiger partial charge in [-0.1, -0.05) is 20.8 Å². The molecule has 1 fully saturated rings. The van der Waals surface area contributed by atoms with Gasteiger partial charge < -0.3 is 14.6 Å². The maximum Gasteiger partial charge on any atom is 0.401 e. The van der Waals surface area contributed by atoms with Crippen LogP contribution in [0.4, 0.5) is 24.9 Å². The minimum Gasteiger partial charge on any atom is -0.455 e. The lowest BCUT2D eigenvalue weighted by molar-refractivity contribution is -0.143. The highest BCUT2D eigenvalue weighted by Crippen LogP contribution is 2.33. The predicted molar refractivity (Wildman–Crippen MR) is 157 cm³/mol. The zero-order chi connectivity index (χ0) is 31.1. The van der Waals surface area contributed by atoms with Gasteiger partial charge in [0.2, 0.25) is 5.95 Å². The van der Waals surface area contributed by atoms with Crippen LogP contribution in [0.5, 0.6) is 11.5 Å². The quantitative estimate of drug-likeness (QED) is 0.261. The summed E-state index contributed by atoms with van der Waals surface area (Å²) in [5.41, 5.74) is 3.53. The summed E-state index contributed by atoms with van der Waals surface area (Å²) < 4.78 is 48.6. The Labute approximate surface area is 248 Å². The van der Waals surface area contributed by atoms with Crippen LogP contribution >= 0.6 is 0 Å². The van der Waals surface area contributed by atoms with Crippen molar-refractivity contribution in [2.75, 3.05) is 25.0 Å². The monoisotopic (exact) mass is 598 g/mol. The van der Waals surface area contributed by atoms with Crippen molar-refractivity contribution in [3.05, 3.63) is 47.5 Å². The van der Waals surface area contributed by atoms with Crippen LogP contribution in [0.25, 0.3) is 11.2 Å². The van der Waals surface area contributed by atoms with Gasteiger partial charge in [-0.3, -0.25) is 19.4 Å². The van der Waals surface area contributed by atoms with E-state index in [1.54, 1.807) is 24.5 Å². The maximum atomic E-state index is 12.9. The molecular formula is C30H37F3N8O2. The van der Waals surface area contributed by atoms with E-state index in [1.165, 1.54) is 11.8 Å². The smallest absolute Gasteiger partial charge is 0.401 e. The largest absolute Gasteiger partial charge is 0.455 e. The van der Waals surface area contributed by atoms with Crippen molar-refractivity contribution in [2.45, 2.75) is 65.6 Å². The van der Waals surface area contributed by atoms with Crippen molar-refractivity contribution in [3.8, 4) is 11.5 Å². The summed E-state index contributed by atoms with van der Waals surface area (Å²) in [6.07, 6.45) is -0.0420. The summed E-state index contributed by atoms with van der Waals surface area (Å²) in [5.74, 6) is 2.34. The summed E-state index contributed by atoms with van der Waals surface area (Å²) in [6, 6.07) is 5.44. The van der Waals surface area contributed by atoms with Crippen molar-refractivity contribution in [3.63, 3.8) is 0 Å². The average molecular weight is 599 g/mol. The highest BCUT2D eigenvalue weighted by atomic mass is 19.4. The van der Waals surface area contributed by atoms with E-state index in [2.05, 4.69) is 41.0 Å². The fourth-order valence-electron chi connectivity index (χ4n) is 5.58. The molecule has 1 aliphatic rings. The van der Waals surface area contributed by atoms with Gasteiger partial charge in [-0.15, -0.1) is 0 Å². The molecule has 4 aromatic heterocycles. The third kappa shape index (κ3) is 7.15. The molecular weight excluding hydrogens is 561 g/mol. The molecule has 0 saturated carbocycles. The molecule has 1 unspecified atom stereocenters. The fraction of sp³-hybridized carbons (Fsp3) is 0.500. The second-order valence-electron chi connectivity index (χ2n) is 12.4. The molecule has 1 atom stereocenters. The zero-order valence-electron chi connectivity index (χ0n) is 25.3. The Morgan fingerprint density at radius 1 is 1.19 bits per heavy atom. The van der Waals surface area contributed by atoms with E-state index in [0.717, 1.165) is 16.8 Å². The number of ketones is 1. The number of carbonyl (C=O) groups excluding carboxylic acids is 1. The van der Waals surface area contributed by atoms with Crippen LogP contribution in [0.1, 0.15) is 51.1 Å². The van der Waals surface area contributed by atoms with E-state index < -0.39 is 12.7 Å². The molecule has 43 heavy (non-hydrogen) atoms. The number of alkyl halides is 3. The average Bonchev–Trinajstić information content (AvgIpc) is 3.58. The molecule has 230 valence electrons. The Balaban J connectivity index is 1.37. The van der Waals surface area contributed by atoms with Gasteiger partial charge >= 0.3 is 6.18 Å². The summed E-state index contributed by atoms with van der Waals surface area (Å²) in [4.78, 5) is 26.4. The van der Waals surface area contributed by atoms with Crippen molar-refractivity contribution in [1.82, 2.24) is 34.2 Å². The van der Waals surface area contributed by atoms with E-state index in [-0.39, 0.29) is 23.5 Å². The molecule has 5 heterocycles. The van der Waals surface area contributed by atoms with Gasteiger partial charge in [0, 0.05) is 61.6 Å². The number of aryl methyl sites for hydroxylation is 2. The molecule has 1 N–H and O–H groups in total. The van der Waals surface area contributed by atoms with Gasteiger partial charge in [-0.25, -0.2) is 4.98 Å².